The number of ether oxygens (including phenoxy) is 1. The molecule has 1 amide bonds. The predicted octanol–water partition coefficient (Wildman–Crippen LogP) is 0.550. The minimum Gasteiger partial charge on any atom is -0.481 e. The molecular formula is C7H13NO4S. The molecule has 0 aromatic carbocycles. The molecule has 0 radical (unpaired) electrons. The van der Waals surface area contributed by atoms with Crippen LogP contribution in [0.2, 0.25) is 0 Å². The molecule has 0 unspecified atom stereocenters. The van der Waals surface area contributed by atoms with E-state index in [2.05, 4.69) is 5.32 Å². The lowest BCUT2D eigenvalue weighted by Gasteiger charge is -2.02. The fourth-order valence-electron chi connectivity index (χ4n) is 0.537. The highest BCUT2D eigenvalue weighted by atomic mass is 32.2. The van der Waals surface area contributed by atoms with Crippen molar-refractivity contribution in [3.63, 3.8) is 0 Å². The lowest BCUT2D eigenvalue weighted by molar-refractivity contribution is -0.136. The molecule has 2 N–H and O–H groups in total. The Labute approximate surface area is 80.8 Å². The highest BCUT2D eigenvalue weighted by Gasteiger charge is 2.02. The third-order valence-corrected chi connectivity index (χ3v) is 1.94. The minimum absolute atomic E-state index is 0.00235. The molecule has 0 heterocycles. The lowest BCUT2D eigenvalue weighted by atomic mass is 10.5. The summed E-state index contributed by atoms with van der Waals surface area (Å²) in [4.78, 5) is 21.0. The van der Waals surface area contributed by atoms with Gasteiger partial charge in [0.15, 0.2) is 0 Å². The Balaban J connectivity index is 3.25. The van der Waals surface area contributed by atoms with Crippen molar-refractivity contribution in [2.24, 2.45) is 0 Å². The first-order valence-electron chi connectivity index (χ1n) is 3.78. The van der Waals surface area contributed by atoms with Crippen LogP contribution in [0.15, 0.2) is 0 Å². The number of nitrogens with one attached hydrogen (secondary N) is 1. The van der Waals surface area contributed by atoms with E-state index in [4.69, 9.17) is 9.84 Å². The van der Waals surface area contributed by atoms with E-state index in [1.165, 1.54) is 0 Å². The van der Waals surface area contributed by atoms with E-state index >= 15 is 0 Å². The van der Waals surface area contributed by atoms with Crippen molar-refractivity contribution in [2.45, 2.75) is 6.42 Å². The molecule has 0 aromatic heterocycles. The molecule has 0 aliphatic heterocycles. The highest BCUT2D eigenvalue weighted by molar-refractivity contribution is 8.13. The summed E-state index contributed by atoms with van der Waals surface area (Å²) < 4.78 is 4.72. The van der Waals surface area contributed by atoms with Gasteiger partial charge in [0, 0.05) is 19.4 Å². The summed E-state index contributed by atoms with van der Waals surface area (Å²) >= 11 is 0.969. The minimum atomic E-state index is -0.891. The van der Waals surface area contributed by atoms with E-state index in [1.807, 2.05) is 0 Å². The lowest BCUT2D eigenvalue weighted by Crippen LogP contribution is -2.23. The molecule has 0 fully saturated rings. The molecule has 6 heteroatoms. The zero-order valence-corrected chi connectivity index (χ0v) is 8.23. The summed E-state index contributed by atoms with van der Waals surface area (Å²) in [6.45, 7) is 0.917. The second kappa shape index (κ2) is 7.88. The van der Waals surface area contributed by atoms with Crippen LogP contribution in [0.25, 0.3) is 0 Å². The van der Waals surface area contributed by atoms with Crippen LogP contribution in [0.1, 0.15) is 6.42 Å². The van der Waals surface area contributed by atoms with Gasteiger partial charge >= 0.3 is 5.97 Å². The van der Waals surface area contributed by atoms with Gasteiger partial charge in [0.25, 0.3) is 5.24 Å². The maximum atomic E-state index is 10.9. The Morgan fingerprint density at radius 3 is 2.77 bits per heavy atom. The maximum absolute atomic E-state index is 10.9. The summed E-state index contributed by atoms with van der Waals surface area (Å²) in [6.07, 6.45) is 0.00235. The molecule has 0 aliphatic rings. The molecule has 0 aromatic rings. The van der Waals surface area contributed by atoms with E-state index in [1.54, 1.807) is 7.11 Å². The van der Waals surface area contributed by atoms with Crippen LogP contribution in [0.5, 0.6) is 0 Å². The Kier molecular flexibility index (Phi) is 7.42. The molecule has 76 valence electrons. The molecular weight excluding hydrogens is 194 g/mol. The van der Waals surface area contributed by atoms with Crippen molar-refractivity contribution in [3.8, 4) is 0 Å². The maximum Gasteiger partial charge on any atom is 0.304 e. The summed E-state index contributed by atoms with van der Waals surface area (Å²) in [5.41, 5.74) is 0. The van der Waals surface area contributed by atoms with E-state index in [0.29, 0.717) is 18.9 Å². The van der Waals surface area contributed by atoms with Crippen molar-refractivity contribution in [3.05, 3.63) is 0 Å². The third-order valence-electron chi connectivity index (χ3n) is 1.12. The molecule has 0 rings (SSSR count). The third kappa shape index (κ3) is 9.16. The van der Waals surface area contributed by atoms with Crippen molar-refractivity contribution in [2.75, 3.05) is 26.0 Å². The summed E-state index contributed by atoms with van der Waals surface area (Å²) in [6, 6.07) is 0. The second-order valence-corrected chi connectivity index (χ2v) is 3.27. The van der Waals surface area contributed by atoms with Gasteiger partial charge < -0.3 is 15.2 Å². The number of methoxy groups -OCH3 is 1. The van der Waals surface area contributed by atoms with Gasteiger partial charge in [0.1, 0.15) is 0 Å². The molecule has 0 atom stereocenters. The van der Waals surface area contributed by atoms with Gasteiger partial charge in [-0.25, -0.2) is 0 Å². The number of carboxylic acids is 1. The van der Waals surface area contributed by atoms with Crippen LogP contribution < -0.4 is 5.32 Å². The predicted molar refractivity (Wildman–Crippen MR) is 50.0 cm³/mol. The topological polar surface area (TPSA) is 75.6 Å². The van der Waals surface area contributed by atoms with Crippen molar-refractivity contribution >= 4 is 23.0 Å². The van der Waals surface area contributed by atoms with Crippen molar-refractivity contribution in [1.29, 1.82) is 0 Å². The molecule has 0 spiro atoms. The average molecular weight is 207 g/mol. The van der Waals surface area contributed by atoms with Crippen LogP contribution in [0.3, 0.4) is 0 Å². The molecule has 0 aliphatic carbocycles. The van der Waals surface area contributed by atoms with Gasteiger partial charge in [-0.3, -0.25) is 9.59 Å². The van der Waals surface area contributed by atoms with Crippen molar-refractivity contribution in [1.82, 2.24) is 5.32 Å². The van der Waals surface area contributed by atoms with Crippen LogP contribution in [0, 0.1) is 0 Å². The Bertz CT molecular complexity index is 174. The van der Waals surface area contributed by atoms with Gasteiger partial charge in [-0.2, -0.15) is 0 Å². The number of rotatable bonds is 6. The quantitative estimate of drug-likeness (QED) is 0.622. The van der Waals surface area contributed by atoms with Gasteiger partial charge in [0.2, 0.25) is 0 Å². The first kappa shape index (κ1) is 12.2. The Hall–Kier alpha value is -0.750. The van der Waals surface area contributed by atoms with Crippen molar-refractivity contribution < 1.29 is 19.4 Å². The first-order valence-corrected chi connectivity index (χ1v) is 4.76. The van der Waals surface area contributed by atoms with Crippen LogP contribution in [0.4, 0.5) is 4.79 Å². The number of amides is 1. The normalized spacial score (nSPS) is 9.62. The SMILES string of the molecule is COCCNC(=O)SCCC(=O)O. The second-order valence-electron chi connectivity index (χ2n) is 2.20. The van der Waals surface area contributed by atoms with Gasteiger partial charge in [-0.15, -0.1) is 0 Å². The summed E-state index contributed by atoms with van der Waals surface area (Å²) in [5.74, 6) is -0.592. The number of hydrogen-bond acceptors (Lipinski definition) is 4. The molecule has 13 heavy (non-hydrogen) atoms. The van der Waals surface area contributed by atoms with Gasteiger partial charge in [0.05, 0.1) is 13.0 Å². The zero-order valence-electron chi connectivity index (χ0n) is 7.41. The van der Waals surface area contributed by atoms with Gasteiger partial charge in [-0.05, 0) is 0 Å². The van der Waals surface area contributed by atoms with E-state index in [9.17, 15) is 9.59 Å². The highest BCUT2D eigenvalue weighted by Crippen LogP contribution is 2.02. The first-order chi connectivity index (χ1) is 6.16. The summed E-state index contributed by atoms with van der Waals surface area (Å²) in [7, 11) is 1.55. The number of aliphatic carboxylic acids is 1. The van der Waals surface area contributed by atoms with E-state index in [0.717, 1.165) is 11.8 Å². The van der Waals surface area contributed by atoms with Crippen LogP contribution in [-0.2, 0) is 9.53 Å². The smallest absolute Gasteiger partial charge is 0.304 e. The molecule has 0 saturated carbocycles. The van der Waals surface area contributed by atoms with E-state index < -0.39 is 5.97 Å². The van der Waals surface area contributed by atoms with Crippen LogP contribution >= 0.6 is 11.8 Å². The fourth-order valence-corrected chi connectivity index (χ4v) is 1.20. The largest absolute Gasteiger partial charge is 0.481 e. The van der Waals surface area contributed by atoms with Gasteiger partial charge in [-0.1, -0.05) is 11.8 Å². The fraction of sp³-hybridized carbons (Fsp3) is 0.714. The number of thioether (sulfide) groups is 1. The average Bonchev–Trinajstić information content (AvgIpc) is 2.04. The Morgan fingerprint density at radius 1 is 1.54 bits per heavy atom. The molecule has 0 saturated heterocycles. The Morgan fingerprint density at radius 2 is 2.23 bits per heavy atom. The number of carboxylic acid groups (broad SMARTS) is 1. The number of carbonyl (C=O) groups is 2. The van der Waals surface area contributed by atoms with Crippen LogP contribution in [-0.4, -0.2) is 42.3 Å². The monoisotopic (exact) mass is 207 g/mol. The molecule has 5 nitrogen and oxygen atoms in total. The standard InChI is InChI=1S/C7H13NO4S/c1-12-4-3-8-7(11)13-5-2-6(9)10/h2-5H2,1H3,(H,8,11)(H,9,10). The number of hydrogen-bond donors (Lipinski definition) is 2. The number of carbonyl (C=O) groups excluding carboxylic acids is 1. The molecule has 0 bridgehead atoms. The summed E-state index contributed by atoms with van der Waals surface area (Å²) in [5, 5.41) is 10.6. The zero-order chi connectivity index (χ0) is 10.1. The van der Waals surface area contributed by atoms with E-state index in [-0.39, 0.29) is 11.7 Å².